The van der Waals surface area contributed by atoms with Crippen LogP contribution in [0.1, 0.15) is 112 Å². The highest BCUT2D eigenvalue weighted by Gasteiger charge is 2.54. The summed E-state index contributed by atoms with van der Waals surface area (Å²) in [6.07, 6.45) is 18.7. The number of allylic oxidation sites excluding steroid dienone is 6. The van der Waals surface area contributed by atoms with E-state index in [1.54, 1.807) is 11.1 Å². The molecule has 0 aliphatic heterocycles. The fraction of sp³-hybridized carbons (Fsp3) is 0.800. The summed E-state index contributed by atoms with van der Waals surface area (Å²) in [6, 6.07) is 0. The first-order valence-electron chi connectivity index (χ1n) is 13.5. The van der Waals surface area contributed by atoms with Gasteiger partial charge in [0.1, 0.15) is 0 Å². The van der Waals surface area contributed by atoms with Gasteiger partial charge in [0.2, 0.25) is 0 Å². The van der Waals surface area contributed by atoms with Gasteiger partial charge in [-0.15, -0.1) is 0 Å². The summed E-state index contributed by atoms with van der Waals surface area (Å²) in [7, 11) is 0. The van der Waals surface area contributed by atoms with Crippen LogP contribution in [0.15, 0.2) is 34.4 Å². The molecule has 4 rings (SSSR count). The van der Waals surface area contributed by atoms with E-state index in [4.69, 9.17) is 0 Å². The molecular formula is C30H48O. The second-order valence-electron chi connectivity index (χ2n) is 12.3. The van der Waals surface area contributed by atoms with E-state index in [-0.39, 0.29) is 6.10 Å². The predicted octanol–water partition coefficient (Wildman–Crippen LogP) is 8.40. The van der Waals surface area contributed by atoms with Crippen molar-refractivity contribution in [2.45, 2.75) is 118 Å². The van der Waals surface area contributed by atoms with Crippen LogP contribution in [0.5, 0.6) is 0 Å². The second-order valence-corrected chi connectivity index (χ2v) is 12.3. The maximum Gasteiger partial charge on any atom is 0.0571 e. The fourth-order valence-electron chi connectivity index (χ4n) is 8.56. The molecule has 174 valence electrons. The number of rotatable bonds is 6. The van der Waals surface area contributed by atoms with Crippen LogP contribution >= 0.6 is 0 Å². The van der Waals surface area contributed by atoms with Gasteiger partial charge in [-0.25, -0.2) is 0 Å². The summed E-state index contributed by atoms with van der Waals surface area (Å²) in [5.74, 6) is 2.82. The lowest BCUT2D eigenvalue weighted by Crippen LogP contribution is -2.48. The molecule has 1 N–H and O–H groups in total. The van der Waals surface area contributed by atoms with Gasteiger partial charge in [-0.05, 0) is 124 Å². The van der Waals surface area contributed by atoms with Crippen LogP contribution in [0.3, 0.4) is 0 Å². The average molecular weight is 425 g/mol. The Hall–Kier alpha value is -0.820. The lowest BCUT2D eigenvalue weighted by atomic mass is 9.49. The molecule has 0 radical (unpaired) electrons. The summed E-state index contributed by atoms with van der Waals surface area (Å²) in [5.41, 5.74) is 7.54. The average Bonchev–Trinajstić information content (AvgIpc) is 3.07. The summed E-state index contributed by atoms with van der Waals surface area (Å²) in [4.78, 5) is 0. The van der Waals surface area contributed by atoms with E-state index in [1.165, 1.54) is 69.8 Å². The summed E-state index contributed by atoms with van der Waals surface area (Å²) >= 11 is 0. The molecule has 0 aromatic carbocycles. The molecule has 0 heterocycles. The molecular weight excluding hydrogens is 376 g/mol. The van der Waals surface area contributed by atoms with Crippen LogP contribution in [-0.2, 0) is 0 Å². The fourth-order valence-corrected chi connectivity index (χ4v) is 8.56. The third kappa shape index (κ3) is 3.92. The minimum absolute atomic E-state index is 0.0641. The molecule has 0 amide bonds. The monoisotopic (exact) mass is 424 g/mol. The van der Waals surface area contributed by atoms with Gasteiger partial charge in [-0.1, -0.05) is 57.4 Å². The standard InChI is InChI=1S/C30H48O/c1-7-9-23-26-13-12-22-25-15-14-24(21(4)11-8-10-20(2)3)29(25,5)18-16-27(22)30(26,6)19-17-28(23)31/h10,15,21,23-24,26,28,31H,7-9,11-14,16-19H2,1-6H3/t21-,23?,24-,26?,28+,29-,30+/m1/s1. The molecule has 4 aliphatic rings. The van der Waals surface area contributed by atoms with Crippen molar-refractivity contribution in [3.8, 4) is 0 Å². The second kappa shape index (κ2) is 8.85. The molecule has 1 nitrogen and oxygen atoms in total. The first-order valence-corrected chi connectivity index (χ1v) is 13.5. The zero-order valence-electron chi connectivity index (χ0n) is 21.3. The first-order chi connectivity index (χ1) is 14.7. The molecule has 2 unspecified atom stereocenters. The Morgan fingerprint density at radius 3 is 2.65 bits per heavy atom. The van der Waals surface area contributed by atoms with Crippen molar-refractivity contribution < 1.29 is 5.11 Å². The molecule has 4 aliphatic carbocycles. The van der Waals surface area contributed by atoms with Gasteiger partial charge in [-0.2, -0.15) is 0 Å². The Bertz CT molecular complexity index is 765. The molecule has 0 bridgehead atoms. The predicted molar refractivity (Wildman–Crippen MR) is 133 cm³/mol. The van der Waals surface area contributed by atoms with Crippen LogP contribution in [0.25, 0.3) is 0 Å². The Morgan fingerprint density at radius 2 is 1.94 bits per heavy atom. The number of aliphatic hydroxyl groups excluding tert-OH is 1. The minimum atomic E-state index is -0.0641. The SMILES string of the molecule is CCCC1C2CCC3=C(CC[C@@]4(C)C3=CC[C@@H]4[C@H](C)CCC=C(C)C)[C@@]2(C)CC[C@@H]1O. The van der Waals surface area contributed by atoms with E-state index in [0.29, 0.717) is 22.7 Å². The topological polar surface area (TPSA) is 20.2 Å². The smallest absolute Gasteiger partial charge is 0.0571 e. The van der Waals surface area contributed by atoms with Gasteiger partial charge >= 0.3 is 0 Å². The molecule has 1 fully saturated rings. The molecule has 0 aromatic heterocycles. The van der Waals surface area contributed by atoms with Crippen LogP contribution in [-0.4, -0.2) is 11.2 Å². The number of fused-ring (bicyclic) bond motifs is 4. The van der Waals surface area contributed by atoms with Gasteiger partial charge in [0.15, 0.2) is 0 Å². The van der Waals surface area contributed by atoms with E-state index in [2.05, 4.69) is 53.7 Å². The molecule has 1 saturated carbocycles. The Labute approximate surface area is 192 Å². The van der Waals surface area contributed by atoms with E-state index >= 15 is 0 Å². The normalized spacial score (nSPS) is 40.5. The van der Waals surface area contributed by atoms with Crippen molar-refractivity contribution in [1.82, 2.24) is 0 Å². The maximum absolute atomic E-state index is 10.8. The zero-order valence-corrected chi connectivity index (χ0v) is 21.3. The Kier molecular flexibility index (Phi) is 6.66. The molecule has 1 heteroatoms. The minimum Gasteiger partial charge on any atom is -0.393 e. The van der Waals surface area contributed by atoms with Crippen LogP contribution in [0, 0.1) is 34.5 Å². The lowest BCUT2D eigenvalue weighted by molar-refractivity contribution is -0.0409. The van der Waals surface area contributed by atoms with Crippen LogP contribution in [0.2, 0.25) is 0 Å². The number of hydrogen-bond acceptors (Lipinski definition) is 1. The molecule has 0 spiro atoms. The van der Waals surface area contributed by atoms with Crippen molar-refractivity contribution in [1.29, 1.82) is 0 Å². The lowest BCUT2D eigenvalue weighted by Gasteiger charge is -2.56. The molecule has 31 heavy (non-hydrogen) atoms. The largest absolute Gasteiger partial charge is 0.393 e. The summed E-state index contributed by atoms with van der Waals surface area (Å²) in [5, 5.41) is 10.8. The van der Waals surface area contributed by atoms with Gasteiger partial charge in [0, 0.05) is 0 Å². The zero-order chi connectivity index (χ0) is 22.4. The molecule has 0 saturated heterocycles. The van der Waals surface area contributed by atoms with Gasteiger partial charge < -0.3 is 5.11 Å². The number of aliphatic hydroxyl groups is 1. The van der Waals surface area contributed by atoms with Crippen molar-refractivity contribution in [3.63, 3.8) is 0 Å². The number of hydrogen-bond donors (Lipinski definition) is 1. The van der Waals surface area contributed by atoms with Crippen molar-refractivity contribution >= 4 is 0 Å². The maximum atomic E-state index is 10.8. The van der Waals surface area contributed by atoms with E-state index in [1.807, 2.05) is 5.57 Å². The summed E-state index contributed by atoms with van der Waals surface area (Å²) in [6.45, 7) is 14.5. The highest BCUT2D eigenvalue weighted by Crippen LogP contribution is 2.65. The third-order valence-electron chi connectivity index (χ3n) is 10.3. The van der Waals surface area contributed by atoms with Crippen LogP contribution < -0.4 is 0 Å². The highest BCUT2D eigenvalue weighted by atomic mass is 16.3. The van der Waals surface area contributed by atoms with Crippen LogP contribution in [0.4, 0.5) is 0 Å². The first kappa shape index (κ1) is 23.3. The van der Waals surface area contributed by atoms with Crippen molar-refractivity contribution in [2.75, 3.05) is 0 Å². The van der Waals surface area contributed by atoms with Crippen molar-refractivity contribution in [3.05, 3.63) is 34.4 Å². The Balaban J connectivity index is 1.58. The van der Waals surface area contributed by atoms with Gasteiger partial charge in [0.25, 0.3) is 0 Å². The van der Waals surface area contributed by atoms with E-state index in [9.17, 15) is 5.11 Å². The quantitative estimate of drug-likeness (QED) is 0.424. The molecule has 0 aromatic rings. The summed E-state index contributed by atoms with van der Waals surface area (Å²) < 4.78 is 0. The molecule has 7 atom stereocenters. The third-order valence-corrected chi connectivity index (χ3v) is 10.3. The highest BCUT2D eigenvalue weighted by molar-refractivity contribution is 5.49. The van der Waals surface area contributed by atoms with Gasteiger partial charge in [-0.3, -0.25) is 0 Å². The van der Waals surface area contributed by atoms with E-state index < -0.39 is 0 Å². The van der Waals surface area contributed by atoms with Gasteiger partial charge in [0.05, 0.1) is 6.10 Å². The van der Waals surface area contributed by atoms with E-state index in [0.717, 1.165) is 18.3 Å². The van der Waals surface area contributed by atoms with Crippen molar-refractivity contribution in [2.24, 2.45) is 34.5 Å². The Morgan fingerprint density at radius 1 is 1.16 bits per heavy atom.